The zero-order chi connectivity index (χ0) is 12.3. The largest absolute Gasteiger partial charge is 0.436 e. The van der Waals surface area contributed by atoms with Crippen molar-refractivity contribution in [2.24, 2.45) is 5.73 Å². The van der Waals surface area contributed by atoms with Crippen LogP contribution < -0.4 is 5.73 Å². The van der Waals surface area contributed by atoms with Crippen LogP contribution in [0.3, 0.4) is 0 Å². The van der Waals surface area contributed by atoms with Gasteiger partial charge >= 0.3 is 0 Å². The van der Waals surface area contributed by atoms with E-state index in [0.29, 0.717) is 29.5 Å². The Labute approximate surface area is 99.6 Å². The SMILES string of the molecule is Cc1nc(C)c(C(=O)N(C)CCC(N)=S)o1. The molecular weight excluding hydrogens is 226 g/mol. The van der Waals surface area contributed by atoms with Gasteiger partial charge in [0.15, 0.2) is 5.89 Å². The monoisotopic (exact) mass is 241 g/mol. The van der Waals surface area contributed by atoms with Gasteiger partial charge in [-0.3, -0.25) is 4.79 Å². The van der Waals surface area contributed by atoms with Gasteiger partial charge < -0.3 is 15.1 Å². The van der Waals surface area contributed by atoms with E-state index in [1.165, 1.54) is 4.90 Å². The number of hydrogen-bond acceptors (Lipinski definition) is 4. The highest BCUT2D eigenvalue weighted by atomic mass is 32.1. The van der Waals surface area contributed by atoms with Crippen molar-refractivity contribution in [1.82, 2.24) is 9.88 Å². The van der Waals surface area contributed by atoms with Crippen LogP contribution in [-0.2, 0) is 0 Å². The molecule has 0 unspecified atom stereocenters. The lowest BCUT2D eigenvalue weighted by Gasteiger charge is -2.15. The molecule has 0 spiro atoms. The van der Waals surface area contributed by atoms with Gasteiger partial charge in [-0.05, 0) is 6.92 Å². The Morgan fingerprint density at radius 3 is 2.62 bits per heavy atom. The van der Waals surface area contributed by atoms with Crippen LogP contribution >= 0.6 is 12.2 Å². The lowest BCUT2D eigenvalue weighted by molar-refractivity contribution is 0.0765. The molecule has 0 aliphatic heterocycles. The maximum Gasteiger partial charge on any atom is 0.291 e. The molecule has 0 aromatic carbocycles. The standard InChI is InChI=1S/C10H15N3O2S/c1-6-9(15-7(2)12-6)10(14)13(3)5-4-8(11)16/h4-5H2,1-3H3,(H2,11,16). The molecule has 1 aromatic rings. The fourth-order valence-electron chi connectivity index (χ4n) is 1.28. The number of carbonyl (C=O) groups excluding carboxylic acids is 1. The Morgan fingerprint density at radius 1 is 1.56 bits per heavy atom. The van der Waals surface area contributed by atoms with Crippen LogP contribution in [0, 0.1) is 13.8 Å². The van der Waals surface area contributed by atoms with E-state index in [-0.39, 0.29) is 11.7 Å². The molecule has 88 valence electrons. The van der Waals surface area contributed by atoms with Gasteiger partial charge in [0.25, 0.3) is 5.91 Å². The molecule has 0 saturated heterocycles. The Bertz CT molecular complexity index is 414. The van der Waals surface area contributed by atoms with Gasteiger partial charge in [-0.25, -0.2) is 4.98 Å². The van der Waals surface area contributed by atoms with Crippen LogP contribution in [0.1, 0.15) is 28.6 Å². The van der Waals surface area contributed by atoms with Crippen LogP contribution in [0.4, 0.5) is 0 Å². The minimum Gasteiger partial charge on any atom is -0.436 e. The molecule has 0 radical (unpaired) electrons. The summed E-state index contributed by atoms with van der Waals surface area (Å²) in [5, 5.41) is 0. The van der Waals surface area contributed by atoms with E-state index in [1.807, 2.05) is 0 Å². The molecule has 0 bridgehead atoms. The number of rotatable bonds is 4. The molecule has 0 fully saturated rings. The van der Waals surface area contributed by atoms with Gasteiger partial charge in [0, 0.05) is 26.9 Å². The van der Waals surface area contributed by atoms with Gasteiger partial charge in [-0.1, -0.05) is 12.2 Å². The van der Waals surface area contributed by atoms with Crippen LogP contribution in [0.25, 0.3) is 0 Å². The second kappa shape index (κ2) is 5.07. The molecule has 1 heterocycles. The van der Waals surface area contributed by atoms with Crippen LogP contribution in [0.5, 0.6) is 0 Å². The Morgan fingerprint density at radius 2 is 2.19 bits per heavy atom. The average Bonchev–Trinajstić information content (AvgIpc) is 2.53. The molecule has 6 heteroatoms. The maximum absolute atomic E-state index is 11.9. The summed E-state index contributed by atoms with van der Waals surface area (Å²) >= 11 is 4.75. The molecule has 1 aromatic heterocycles. The lowest BCUT2D eigenvalue weighted by atomic mass is 10.3. The molecule has 5 nitrogen and oxygen atoms in total. The van der Waals surface area contributed by atoms with Crippen LogP contribution in [0.2, 0.25) is 0 Å². The lowest BCUT2D eigenvalue weighted by Crippen LogP contribution is -2.30. The Hall–Kier alpha value is -1.43. The quantitative estimate of drug-likeness (QED) is 0.797. The molecule has 1 amide bonds. The fraction of sp³-hybridized carbons (Fsp3) is 0.500. The fourth-order valence-corrected chi connectivity index (χ4v) is 1.37. The van der Waals surface area contributed by atoms with E-state index >= 15 is 0 Å². The van der Waals surface area contributed by atoms with Crippen LogP contribution in [-0.4, -0.2) is 34.4 Å². The first-order valence-electron chi connectivity index (χ1n) is 4.89. The molecule has 2 N–H and O–H groups in total. The van der Waals surface area contributed by atoms with Gasteiger partial charge in [0.1, 0.15) is 0 Å². The minimum absolute atomic E-state index is 0.200. The van der Waals surface area contributed by atoms with E-state index in [9.17, 15) is 4.79 Å². The van der Waals surface area contributed by atoms with Gasteiger partial charge in [0.05, 0.1) is 10.7 Å². The van der Waals surface area contributed by atoms with E-state index < -0.39 is 0 Å². The van der Waals surface area contributed by atoms with Crippen molar-refractivity contribution in [2.75, 3.05) is 13.6 Å². The van der Waals surface area contributed by atoms with Gasteiger partial charge in [-0.2, -0.15) is 0 Å². The number of nitrogens with zero attached hydrogens (tertiary/aromatic N) is 2. The van der Waals surface area contributed by atoms with Crippen molar-refractivity contribution >= 4 is 23.1 Å². The number of thiocarbonyl (C=S) groups is 1. The molecule has 0 saturated carbocycles. The summed E-state index contributed by atoms with van der Waals surface area (Å²) in [5.41, 5.74) is 5.97. The van der Waals surface area contributed by atoms with E-state index in [4.69, 9.17) is 22.4 Å². The first-order valence-corrected chi connectivity index (χ1v) is 5.30. The summed E-state index contributed by atoms with van der Waals surface area (Å²) in [7, 11) is 1.68. The number of aryl methyl sites for hydroxylation is 2. The highest BCUT2D eigenvalue weighted by Crippen LogP contribution is 2.11. The molecule has 0 aliphatic rings. The van der Waals surface area contributed by atoms with Gasteiger partial charge in [-0.15, -0.1) is 0 Å². The first kappa shape index (κ1) is 12.6. The Kier molecular flexibility index (Phi) is 4.00. The number of hydrogen-bond donors (Lipinski definition) is 1. The number of oxazole rings is 1. The first-order chi connectivity index (χ1) is 7.41. The van der Waals surface area contributed by atoms with Crippen molar-refractivity contribution in [1.29, 1.82) is 0 Å². The third kappa shape index (κ3) is 3.03. The predicted octanol–water partition coefficient (Wildman–Crippen LogP) is 1.04. The predicted molar refractivity (Wildman–Crippen MR) is 64.3 cm³/mol. The third-order valence-electron chi connectivity index (χ3n) is 2.14. The summed E-state index contributed by atoms with van der Waals surface area (Å²) in [4.78, 5) is 17.9. The normalized spacial score (nSPS) is 10.2. The van der Waals surface area contributed by atoms with Crippen molar-refractivity contribution < 1.29 is 9.21 Å². The number of carbonyl (C=O) groups is 1. The minimum atomic E-state index is -0.200. The van der Waals surface area contributed by atoms with Crippen molar-refractivity contribution in [3.63, 3.8) is 0 Å². The van der Waals surface area contributed by atoms with E-state index in [1.54, 1.807) is 20.9 Å². The summed E-state index contributed by atoms with van der Waals surface area (Å²) in [6.07, 6.45) is 0.504. The average molecular weight is 241 g/mol. The molecule has 16 heavy (non-hydrogen) atoms. The number of aromatic nitrogens is 1. The molecular formula is C10H15N3O2S. The zero-order valence-electron chi connectivity index (χ0n) is 9.61. The van der Waals surface area contributed by atoms with E-state index in [0.717, 1.165) is 0 Å². The van der Waals surface area contributed by atoms with Crippen molar-refractivity contribution in [3.8, 4) is 0 Å². The topological polar surface area (TPSA) is 72.4 Å². The smallest absolute Gasteiger partial charge is 0.291 e. The molecule has 0 aliphatic carbocycles. The number of nitrogens with two attached hydrogens (primary N) is 1. The molecule has 0 atom stereocenters. The highest BCUT2D eigenvalue weighted by Gasteiger charge is 2.19. The zero-order valence-corrected chi connectivity index (χ0v) is 10.4. The summed E-state index contributed by atoms with van der Waals surface area (Å²) in [6.45, 7) is 3.93. The summed E-state index contributed by atoms with van der Waals surface area (Å²) < 4.78 is 5.24. The van der Waals surface area contributed by atoms with Crippen LogP contribution in [0.15, 0.2) is 4.42 Å². The Balaban J connectivity index is 2.70. The highest BCUT2D eigenvalue weighted by molar-refractivity contribution is 7.80. The second-order valence-corrected chi connectivity index (χ2v) is 4.11. The van der Waals surface area contributed by atoms with Crippen molar-refractivity contribution in [3.05, 3.63) is 17.3 Å². The molecule has 1 rings (SSSR count). The van der Waals surface area contributed by atoms with E-state index in [2.05, 4.69) is 4.98 Å². The maximum atomic E-state index is 11.9. The number of amides is 1. The summed E-state index contributed by atoms with van der Waals surface area (Å²) in [5.74, 6) is 0.570. The van der Waals surface area contributed by atoms with Gasteiger partial charge in [0.2, 0.25) is 5.76 Å². The summed E-state index contributed by atoms with van der Waals surface area (Å²) in [6, 6.07) is 0. The third-order valence-corrected chi connectivity index (χ3v) is 2.34. The van der Waals surface area contributed by atoms with Crippen molar-refractivity contribution in [2.45, 2.75) is 20.3 Å². The second-order valence-electron chi connectivity index (χ2n) is 3.59.